The van der Waals surface area contributed by atoms with Gasteiger partial charge in [0.05, 0.1) is 22.8 Å². The molecule has 1 aromatic carbocycles. The third-order valence-electron chi connectivity index (χ3n) is 6.17. The number of likely N-dealkylation sites (N-methyl/N-ethyl adjacent to an activating group) is 1. The summed E-state index contributed by atoms with van der Waals surface area (Å²) < 4.78 is 21.5. The lowest BCUT2D eigenvalue weighted by atomic mass is 9.72. The monoisotopic (exact) mass is 477 g/mol. The number of amides is 2. The zero-order chi connectivity index (χ0) is 24.1. The van der Waals surface area contributed by atoms with Crippen LogP contribution in [0.4, 0.5) is 4.39 Å². The van der Waals surface area contributed by atoms with E-state index in [9.17, 15) is 23.9 Å². The third kappa shape index (κ3) is 4.00. The van der Waals surface area contributed by atoms with Gasteiger partial charge in [-0.1, -0.05) is 23.7 Å². The predicted molar refractivity (Wildman–Crippen MR) is 119 cm³/mol. The molecule has 33 heavy (non-hydrogen) atoms. The van der Waals surface area contributed by atoms with Crippen molar-refractivity contribution in [3.8, 4) is 5.75 Å². The summed E-state index contributed by atoms with van der Waals surface area (Å²) in [4.78, 5) is 39.8. The Kier molecular flexibility index (Phi) is 5.96. The molecular weight excluding hydrogens is 453 g/mol. The summed E-state index contributed by atoms with van der Waals surface area (Å²) in [7, 11) is 1.61. The van der Waals surface area contributed by atoms with E-state index in [4.69, 9.17) is 16.3 Å². The molecule has 2 aliphatic rings. The maximum Gasteiger partial charge on any atom is 0.274 e. The summed E-state index contributed by atoms with van der Waals surface area (Å²) in [5.74, 6) is -2.74. The standard InChI is InChI=1S/C23H25ClFN3O5/c1-12(2)33-14-7-23(8-14)11-27(3)22(32)18-20(30)19(29)15(10-28(18)23)21(31)26-9-13-5-4-6-16(24)17(13)25/h4-6,10,12,14,30H,7-9,11H2,1-3H3,(H,26,31). The van der Waals surface area contributed by atoms with E-state index in [0.29, 0.717) is 19.4 Å². The van der Waals surface area contributed by atoms with Gasteiger partial charge in [0.25, 0.3) is 11.8 Å². The molecule has 0 bridgehead atoms. The minimum absolute atomic E-state index is 0.0328. The van der Waals surface area contributed by atoms with Crippen LogP contribution in [0.5, 0.6) is 5.75 Å². The minimum atomic E-state index is -0.960. The maximum absolute atomic E-state index is 14.1. The number of benzene rings is 1. The highest BCUT2D eigenvalue weighted by Gasteiger charge is 2.52. The fourth-order valence-corrected chi connectivity index (χ4v) is 4.86. The van der Waals surface area contributed by atoms with Gasteiger partial charge in [0.1, 0.15) is 11.4 Å². The molecule has 1 saturated carbocycles. The molecule has 8 nitrogen and oxygen atoms in total. The number of ether oxygens (including phenoxy) is 1. The van der Waals surface area contributed by atoms with Gasteiger partial charge in [0.15, 0.2) is 11.4 Å². The molecule has 2 aromatic rings. The number of nitrogens with one attached hydrogen (secondary N) is 1. The smallest absolute Gasteiger partial charge is 0.274 e. The normalized spacial score (nSPS) is 21.8. The van der Waals surface area contributed by atoms with E-state index in [1.165, 1.54) is 23.2 Å². The second-order valence-corrected chi connectivity index (χ2v) is 9.34. The molecule has 0 unspecified atom stereocenters. The van der Waals surface area contributed by atoms with E-state index < -0.39 is 34.3 Å². The molecule has 1 fully saturated rings. The Hall–Kier alpha value is -2.91. The first-order valence-corrected chi connectivity index (χ1v) is 11.0. The molecule has 2 N–H and O–H groups in total. The van der Waals surface area contributed by atoms with Gasteiger partial charge in [-0.05, 0) is 32.8 Å². The van der Waals surface area contributed by atoms with Crippen LogP contribution < -0.4 is 10.7 Å². The van der Waals surface area contributed by atoms with E-state index in [0.717, 1.165) is 0 Å². The van der Waals surface area contributed by atoms with Crippen molar-refractivity contribution in [2.45, 2.75) is 51.0 Å². The Labute approximate surface area is 194 Å². The largest absolute Gasteiger partial charge is 0.503 e. The van der Waals surface area contributed by atoms with E-state index in [-0.39, 0.29) is 40.6 Å². The van der Waals surface area contributed by atoms with E-state index in [1.54, 1.807) is 17.7 Å². The summed E-state index contributed by atoms with van der Waals surface area (Å²) in [6.07, 6.45) is 2.44. The van der Waals surface area contributed by atoms with Gasteiger partial charge in [-0.15, -0.1) is 0 Å². The quantitative estimate of drug-likeness (QED) is 0.689. The van der Waals surface area contributed by atoms with Gasteiger partial charge in [0.2, 0.25) is 5.43 Å². The first kappa shape index (κ1) is 23.3. The number of hydrogen-bond acceptors (Lipinski definition) is 5. The molecule has 1 spiro atoms. The first-order chi connectivity index (χ1) is 15.5. The number of nitrogens with zero attached hydrogens (tertiary/aromatic N) is 2. The average molecular weight is 478 g/mol. The fraction of sp³-hybridized carbons (Fsp3) is 0.435. The lowest BCUT2D eigenvalue weighted by molar-refractivity contribution is -0.107. The Bertz CT molecular complexity index is 1190. The lowest BCUT2D eigenvalue weighted by Crippen LogP contribution is -2.61. The van der Waals surface area contributed by atoms with Crippen molar-refractivity contribution in [1.29, 1.82) is 0 Å². The second-order valence-electron chi connectivity index (χ2n) is 8.94. The van der Waals surface area contributed by atoms with Crippen molar-refractivity contribution >= 4 is 23.4 Å². The Morgan fingerprint density at radius 3 is 2.73 bits per heavy atom. The van der Waals surface area contributed by atoms with Gasteiger partial charge < -0.3 is 24.6 Å². The number of hydrogen-bond donors (Lipinski definition) is 2. The van der Waals surface area contributed by atoms with Crippen molar-refractivity contribution in [2.75, 3.05) is 13.6 Å². The number of aromatic nitrogens is 1. The number of pyridine rings is 1. The van der Waals surface area contributed by atoms with Crippen LogP contribution in [0.3, 0.4) is 0 Å². The van der Waals surface area contributed by atoms with Crippen LogP contribution in [0.2, 0.25) is 5.02 Å². The highest BCUT2D eigenvalue weighted by atomic mass is 35.5. The Morgan fingerprint density at radius 2 is 2.06 bits per heavy atom. The molecule has 1 aliphatic carbocycles. The van der Waals surface area contributed by atoms with E-state index in [1.807, 2.05) is 13.8 Å². The third-order valence-corrected chi connectivity index (χ3v) is 6.46. The van der Waals surface area contributed by atoms with Crippen LogP contribution >= 0.6 is 11.6 Å². The van der Waals surface area contributed by atoms with Crippen LogP contribution in [0, 0.1) is 5.82 Å². The van der Waals surface area contributed by atoms with Crippen LogP contribution in [-0.4, -0.2) is 52.2 Å². The Balaban J connectivity index is 1.67. The van der Waals surface area contributed by atoms with Gasteiger partial charge in [-0.2, -0.15) is 0 Å². The SMILES string of the molecule is CC(C)OC1CC2(C1)CN(C)C(=O)c1c(O)c(=O)c(C(=O)NCc3cccc(Cl)c3F)cn12. The average Bonchev–Trinajstić information content (AvgIpc) is 2.73. The zero-order valence-electron chi connectivity index (χ0n) is 18.5. The fourth-order valence-electron chi connectivity index (χ4n) is 4.66. The van der Waals surface area contributed by atoms with Gasteiger partial charge in [-0.25, -0.2) is 4.39 Å². The molecule has 1 aliphatic heterocycles. The maximum atomic E-state index is 14.1. The highest BCUT2D eigenvalue weighted by molar-refractivity contribution is 6.30. The highest BCUT2D eigenvalue weighted by Crippen LogP contribution is 2.46. The number of carbonyl (C=O) groups is 2. The zero-order valence-corrected chi connectivity index (χ0v) is 19.3. The molecule has 2 heterocycles. The molecule has 10 heteroatoms. The molecule has 2 amide bonds. The number of carbonyl (C=O) groups excluding carboxylic acids is 2. The molecule has 0 radical (unpaired) electrons. The predicted octanol–water partition coefficient (Wildman–Crippen LogP) is 2.64. The summed E-state index contributed by atoms with van der Waals surface area (Å²) in [6.45, 7) is 4.02. The topological polar surface area (TPSA) is 101 Å². The summed E-state index contributed by atoms with van der Waals surface area (Å²) in [5.41, 5.74) is -1.88. The minimum Gasteiger partial charge on any atom is -0.503 e. The summed E-state index contributed by atoms with van der Waals surface area (Å²) >= 11 is 5.77. The number of aromatic hydroxyl groups is 1. The van der Waals surface area contributed by atoms with Crippen LogP contribution in [0.15, 0.2) is 29.2 Å². The van der Waals surface area contributed by atoms with Crippen molar-refractivity contribution in [2.24, 2.45) is 0 Å². The van der Waals surface area contributed by atoms with E-state index in [2.05, 4.69) is 5.32 Å². The first-order valence-electron chi connectivity index (χ1n) is 10.6. The molecule has 0 atom stereocenters. The van der Waals surface area contributed by atoms with Crippen LogP contribution in [-0.2, 0) is 16.8 Å². The summed E-state index contributed by atoms with van der Waals surface area (Å²) in [6, 6.07) is 4.40. The number of rotatable bonds is 5. The van der Waals surface area contributed by atoms with Gasteiger partial charge >= 0.3 is 0 Å². The van der Waals surface area contributed by atoms with Crippen molar-refractivity contribution in [3.63, 3.8) is 0 Å². The molecular formula is C23H25ClFN3O5. The summed E-state index contributed by atoms with van der Waals surface area (Å²) in [5, 5.41) is 13.0. The molecule has 4 rings (SSSR count). The van der Waals surface area contributed by atoms with Crippen LogP contribution in [0.25, 0.3) is 0 Å². The van der Waals surface area contributed by atoms with Gasteiger partial charge in [0, 0.05) is 31.9 Å². The van der Waals surface area contributed by atoms with Gasteiger partial charge in [-0.3, -0.25) is 14.4 Å². The van der Waals surface area contributed by atoms with Crippen LogP contribution in [0.1, 0.15) is 53.1 Å². The van der Waals surface area contributed by atoms with Crippen molar-refractivity contribution in [3.05, 3.63) is 62.3 Å². The molecule has 1 aromatic heterocycles. The van der Waals surface area contributed by atoms with Crippen molar-refractivity contribution < 1.29 is 23.8 Å². The molecule has 176 valence electrons. The number of halogens is 2. The van der Waals surface area contributed by atoms with Crippen molar-refractivity contribution in [1.82, 2.24) is 14.8 Å². The van der Waals surface area contributed by atoms with E-state index >= 15 is 0 Å². The Morgan fingerprint density at radius 1 is 1.36 bits per heavy atom. The number of fused-ring (bicyclic) bond motifs is 2. The lowest BCUT2D eigenvalue weighted by Gasteiger charge is -2.54. The molecule has 0 saturated heterocycles. The second kappa shape index (κ2) is 8.46.